The van der Waals surface area contributed by atoms with Crippen LogP contribution in [0, 0.1) is 6.92 Å². The molecule has 0 saturated heterocycles. The topological polar surface area (TPSA) is 57.0 Å². The Kier molecular flexibility index (Phi) is 6.03. The molecule has 1 atom stereocenters. The number of nitrogens with two attached hydrogens (primary N) is 1. The van der Waals surface area contributed by atoms with Crippen LogP contribution in [-0.2, 0) is 5.41 Å². The minimum atomic E-state index is -0.514. The number of nitrogens with zero attached hydrogens (tertiary/aromatic N) is 2. The first kappa shape index (κ1) is 30.3. The lowest BCUT2D eigenvalue weighted by Gasteiger charge is -2.30. The zero-order valence-electron chi connectivity index (χ0n) is 30.0. The van der Waals surface area contributed by atoms with E-state index in [-0.39, 0.29) is 0 Å². The predicted octanol–water partition coefficient (Wildman–Crippen LogP) is 12.5. The van der Waals surface area contributed by atoms with Crippen LogP contribution in [0.3, 0.4) is 0 Å². The Morgan fingerprint density at radius 2 is 1.20 bits per heavy atom. The molecular weight excluding hydrogens is 671 g/mol. The summed E-state index contributed by atoms with van der Waals surface area (Å²) in [5.74, 6) is 0.929. The molecule has 12 rings (SSSR count). The Labute approximate surface area is 317 Å². The molecule has 2 aromatic heterocycles. The minimum Gasteiger partial charge on any atom is -0.456 e. The van der Waals surface area contributed by atoms with E-state index in [1.54, 1.807) is 0 Å². The summed E-state index contributed by atoms with van der Waals surface area (Å²) in [4.78, 5) is 5.25. The number of hydrogen-bond donors (Lipinski definition) is 1. The lowest BCUT2D eigenvalue weighted by atomic mass is 9.70. The molecule has 8 aromatic carbocycles. The Morgan fingerprint density at radius 1 is 0.527 bits per heavy atom. The average molecular weight is 704 g/mol. The van der Waals surface area contributed by atoms with Crippen molar-refractivity contribution < 1.29 is 4.42 Å². The first-order valence-electron chi connectivity index (χ1n) is 18.8. The van der Waals surface area contributed by atoms with Gasteiger partial charge in [-0.3, -0.25) is 4.57 Å². The maximum Gasteiger partial charge on any atom is 0.145 e. The molecule has 0 fully saturated rings. The van der Waals surface area contributed by atoms with Gasteiger partial charge in [0.05, 0.1) is 16.4 Å². The van der Waals surface area contributed by atoms with E-state index in [1.165, 1.54) is 44.5 Å². The lowest BCUT2D eigenvalue weighted by molar-refractivity contribution is 0.668. The molecule has 2 heterocycles. The third-order valence-corrected chi connectivity index (χ3v) is 12.0. The number of para-hydroxylation sites is 3. The van der Waals surface area contributed by atoms with Crippen LogP contribution in [0.2, 0.25) is 0 Å². The van der Waals surface area contributed by atoms with Crippen LogP contribution in [-0.4, -0.2) is 9.55 Å². The molecule has 4 nitrogen and oxygen atoms in total. The molecule has 1 unspecified atom stereocenters. The van der Waals surface area contributed by atoms with Crippen LogP contribution in [0.1, 0.15) is 27.8 Å². The fourth-order valence-corrected chi connectivity index (χ4v) is 9.84. The summed E-state index contributed by atoms with van der Waals surface area (Å²) in [5, 5.41) is 2.29. The van der Waals surface area contributed by atoms with E-state index in [2.05, 4.69) is 169 Å². The van der Waals surface area contributed by atoms with E-state index in [4.69, 9.17) is 15.1 Å². The van der Waals surface area contributed by atoms with Gasteiger partial charge in [-0.1, -0.05) is 115 Å². The Hall–Kier alpha value is -7.17. The van der Waals surface area contributed by atoms with Crippen molar-refractivity contribution in [3.05, 3.63) is 198 Å². The van der Waals surface area contributed by atoms with Crippen molar-refractivity contribution in [2.75, 3.05) is 5.73 Å². The number of aryl methyl sites for hydroxylation is 1. The molecule has 0 bridgehead atoms. The number of furan rings is 1. The highest BCUT2D eigenvalue weighted by Crippen LogP contribution is 2.64. The molecule has 0 aliphatic heterocycles. The zero-order valence-corrected chi connectivity index (χ0v) is 30.0. The number of nitrogen functional groups attached to an aromatic ring is 1. The number of anilines is 1. The molecule has 0 saturated carbocycles. The highest BCUT2D eigenvalue weighted by molar-refractivity contribution is 6.20. The molecule has 4 heteroatoms. The van der Waals surface area contributed by atoms with Gasteiger partial charge < -0.3 is 10.2 Å². The number of rotatable bonds is 3. The minimum absolute atomic E-state index is 0.514. The van der Waals surface area contributed by atoms with Crippen molar-refractivity contribution in [2.24, 2.45) is 0 Å². The highest BCUT2D eigenvalue weighted by Gasteiger charge is 2.52. The van der Waals surface area contributed by atoms with E-state index in [1.807, 2.05) is 12.1 Å². The summed E-state index contributed by atoms with van der Waals surface area (Å²) in [6, 6.07) is 61.1. The molecular formula is C51H33N3O. The van der Waals surface area contributed by atoms with Crippen molar-refractivity contribution in [3.63, 3.8) is 0 Å². The van der Waals surface area contributed by atoms with Crippen molar-refractivity contribution in [3.8, 4) is 50.5 Å². The van der Waals surface area contributed by atoms with Gasteiger partial charge in [-0.25, -0.2) is 4.98 Å². The summed E-state index contributed by atoms with van der Waals surface area (Å²) in [6.07, 6.45) is 0. The second kappa shape index (κ2) is 10.9. The maximum absolute atomic E-state index is 6.75. The Balaban J connectivity index is 1.16. The first-order valence-corrected chi connectivity index (χ1v) is 18.8. The molecule has 2 aliphatic rings. The lowest BCUT2D eigenvalue weighted by Crippen LogP contribution is -2.25. The Morgan fingerprint density at radius 3 is 2.04 bits per heavy atom. The van der Waals surface area contributed by atoms with E-state index in [9.17, 15) is 0 Å². The molecule has 258 valence electrons. The van der Waals surface area contributed by atoms with Crippen molar-refractivity contribution in [1.29, 1.82) is 0 Å². The number of fused-ring (bicyclic) bond motifs is 15. The third-order valence-electron chi connectivity index (χ3n) is 12.0. The van der Waals surface area contributed by atoms with Crippen LogP contribution in [0.15, 0.2) is 174 Å². The summed E-state index contributed by atoms with van der Waals surface area (Å²) < 4.78 is 9.04. The van der Waals surface area contributed by atoms with Crippen LogP contribution in [0.5, 0.6) is 0 Å². The molecule has 0 radical (unpaired) electrons. The normalized spacial score (nSPS) is 15.1. The van der Waals surface area contributed by atoms with E-state index in [0.29, 0.717) is 0 Å². The molecule has 2 N–H and O–H groups in total. The molecule has 1 spiro atoms. The van der Waals surface area contributed by atoms with Crippen LogP contribution in [0.4, 0.5) is 5.69 Å². The largest absolute Gasteiger partial charge is 0.456 e. The highest BCUT2D eigenvalue weighted by atomic mass is 16.3. The standard InChI is InChI=1S/C51H33N3O/c1-30-27-37(31-19-22-33(52)23-20-31)48-46(28-30)55-45-26-25-42-47(49(45)48)36-14-6-8-16-40(36)51(42)39-15-7-5-13-35(39)38-29-32(21-24-41(38)51)50-53-43-17-9-10-18-44(43)54(50)34-11-3-2-4-12-34/h2-29H,52H2,1H3. The fraction of sp³-hybridized carbons (Fsp3) is 0.0392. The van der Waals surface area contributed by atoms with E-state index in [0.717, 1.165) is 72.4 Å². The van der Waals surface area contributed by atoms with Gasteiger partial charge in [-0.05, 0) is 123 Å². The summed E-state index contributed by atoms with van der Waals surface area (Å²) in [7, 11) is 0. The van der Waals surface area contributed by atoms with Crippen molar-refractivity contribution in [2.45, 2.75) is 12.3 Å². The van der Waals surface area contributed by atoms with Crippen LogP contribution in [0.25, 0.3) is 83.4 Å². The number of aromatic nitrogens is 2. The second-order valence-corrected chi connectivity index (χ2v) is 15.0. The maximum atomic E-state index is 6.75. The molecule has 0 amide bonds. The second-order valence-electron chi connectivity index (χ2n) is 15.0. The van der Waals surface area contributed by atoms with E-state index < -0.39 is 5.41 Å². The number of benzene rings is 8. The van der Waals surface area contributed by atoms with Crippen LogP contribution < -0.4 is 5.73 Å². The van der Waals surface area contributed by atoms with E-state index >= 15 is 0 Å². The van der Waals surface area contributed by atoms with Gasteiger partial charge >= 0.3 is 0 Å². The number of imidazole rings is 1. The van der Waals surface area contributed by atoms with Crippen molar-refractivity contribution in [1.82, 2.24) is 9.55 Å². The van der Waals surface area contributed by atoms with Crippen LogP contribution >= 0.6 is 0 Å². The van der Waals surface area contributed by atoms with Gasteiger partial charge in [0, 0.05) is 27.7 Å². The third kappa shape index (κ3) is 3.98. The SMILES string of the molecule is Cc1cc(-c2ccc(N)cc2)c2c(c1)oc1ccc3c(c12)-c1ccccc1C31c2ccccc2-c2cc(-c3nc4ccccc4n3-c3ccccc3)ccc21. The van der Waals surface area contributed by atoms with Gasteiger partial charge in [0.25, 0.3) is 0 Å². The zero-order chi connectivity index (χ0) is 36.4. The smallest absolute Gasteiger partial charge is 0.145 e. The molecule has 2 aliphatic carbocycles. The monoisotopic (exact) mass is 703 g/mol. The molecule has 55 heavy (non-hydrogen) atoms. The average Bonchev–Trinajstić information content (AvgIpc) is 3.96. The van der Waals surface area contributed by atoms with Gasteiger partial charge in [-0.15, -0.1) is 0 Å². The molecule has 10 aromatic rings. The summed E-state index contributed by atoms with van der Waals surface area (Å²) >= 11 is 0. The van der Waals surface area contributed by atoms with Gasteiger partial charge in [0.15, 0.2) is 0 Å². The van der Waals surface area contributed by atoms with Crippen molar-refractivity contribution >= 4 is 38.7 Å². The summed E-state index contributed by atoms with van der Waals surface area (Å²) in [5.41, 5.74) is 26.0. The Bertz CT molecular complexity index is 3220. The van der Waals surface area contributed by atoms with Gasteiger partial charge in [0.1, 0.15) is 17.0 Å². The number of hydrogen-bond acceptors (Lipinski definition) is 3. The predicted molar refractivity (Wildman–Crippen MR) is 225 cm³/mol. The van der Waals surface area contributed by atoms with Gasteiger partial charge in [-0.2, -0.15) is 0 Å². The first-order chi connectivity index (χ1) is 27.1. The van der Waals surface area contributed by atoms with Gasteiger partial charge in [0.2, 0.25) is 0 Å². The summed E-state index contributed by atoms with van der Waals surface area (Å²) in [6.45, 7) is 2.14. The quantitative estimate of drug-likeness (QED) is 0.186. The fourth-order valence-electron chi connectivity index (χ4n) is 9.84.